The molecule has 0 saturated carbocycles. The van der Waals surface area contributed by atoms with E-state index in [-0.39, 0.29) is 5.91 Å². The Morgan fingerprint density at radius 2 is 1.85 bits per heavy atom. The molecule has 1 aromatic heterocycles. The van der Waals surface area contributed by atoms with Crippen LogP contribution in [-0.4, -0.2) is 32.8 Å². The van der Waals surface area contributed by atoms with Crippen LogP contribution < -0.4 is 14.4 Å². The van der Waals surface area contributed by atoms with Crippen molar-refractivity contribution in [3.63, 3.8) is 0 Å². The van der Waals surface area contributed by atoms with Gasteiger partial charge in [-0.1, -0.05) is 36.9 Å². The largest absolute Gasteiger partial charge is 0.447 e. The average Bonchev–Trinajstić information content (AvgIpc) is 2.94. The number of hydrogen-bond donors (Lipinski definition) is 0. The predicted molar refractivity (Wildman–Crippen MR) is 146 cm³/mol. The van der Waals surface area contributed by atoms with Gasteiger partial charge in [-0.15, -0.1) is 10.2 Å². The highest BCUT2D eigenvalue weighted by atomic mass is 127. The maximum absolute atomic E-state index is 13.0. The third kappa shape index (κ3) is 5.15. The van der Waals surface area contributed by atoms with Crippen molar-refractivity contribution in [1.82, 2.24) is 15.2 Å². The number of ether oxygens (including phenoxy) is 2. The number of halogens is 2. The predicted octanol–water partition coefficient (Wildman–Crippen LogP) is 5.62. The van der Waals surface area contributed by atoms with Gasteiger partial charge in [0.15, 0.2) is 11.4 Å². The zero-order valence-corrected chi connectivity index (χ0v) is 23.7. The van der Waals surface area contributed by atoms with Gasteiger partial charge in [-0.25, -0.2) is 0 Å². The molecule has 0 unspecified atom stereocenters. The maximum atomic E-state index is 13.0. The van der Waals surface area contributed by atoms with E-state index in [4.69, 9.17) is 9.47 Å². The summed E-state index contributed by atoms with van der Waals surface area (Å²) in [6.07, 6.45) is 0.162. The van der Waals surface area contributed by atoms with Crippen molar-refractivity contribution in [1.29, 1.82) is 0 Å². The number of thioether (sulfide) groups is 1. The maximum Gasteiger partial charge on any atom is 0.308 e. The Balaban J connectivity index is 1.89. The third-order valence-electron chi connectivity index (χ3n) is 4.84. The normalized spacial score (nSPS) is 14.5. The van der Waals surface area contributed by atoms with Crippen LogP contribution in [0.5, 0.6) is 11.6 Å². The molecule has 1 amide bonds. The molecule has 34 heavy (non-hydrogen) atoms. The van der Waals surface area contributed by atoms with Crippen molar-refractivity contribution in [3.8, 4) is 22.9 Å². The van der Waals surface area contributed by atoms with Gasteiger partial charge >= 0.3 is 5.97 Å². The number of amides is 1. The Kier molecular flexibility index (Phi) is 7.92. The van der Waals surface area contributed by atoms with Crippen LogP contribution in [0.1, 0.15) is 39.0 Å². The second kappa shape index (κ2) is 10.7. The summed E-state index contributed by atoms with van der Waals surface area (Å²) in [6, 6.07) is 11.2. The quantitative estimate of drug-likeness (QED) is 0.147. The molecule has 0 spiro atoms. The number of hydrogen-bond acceptors (Lipinski definition) is 8. The lowest BCUT2D eigenvalue weighted by Crippen LogP contribution is -2.36. The van der Waals surface area contributed by atoms with Crippen LogP contribution in [0.2, 0.25) is 0 Å². The summed E-state index contributed by atoms with van der Waals surface area (Å²) in [5.41, 5.74) is 2.55. The lowest BCUT2D eigenvalue weighted by molar-refractivity contribution is -0.132. The van der Waals surface area contributed by atoms with Crippen molar-refractivity contribution in [3.05, 3.63) is 49.1 Å². The van der Waals surface area contributed by atoms with E-state index in [0.29, 0.717) is 39.3 Å². The molecule has 0 aliphatic carbocycles. The number of benzene rings is 2. The Labute approximate surface area is 228 Å². The lowest BCUT2D eigenvalue weighted by Gasteiger charge is -2.30. The van der Waals surface area contributed by atoms with Gasteiger partial charge in [0.25, 0.3) is 0 Å². The van der Waals surface area contributed by atoms with Crippen LogP contribution in [0.15, 0.2) is 41.6 Å². The molecule has 176 valence electrons. The summed E-state index contributed by atoms with van der Waals surface area (Å²) in [4.78, 5) is 30.7. The fourth-order valence-electron chi connectivity index (χ4n) is 3.49. The summed E-state index contributed by atoms with van der Waals surface area (Å²) in [5.74, 6) is 1.04. The van der Waals surface area contributed by atoms with E-state index in [9.17, 15) is 9.59 Å². The number of carbonyl (C=O) groups excluding carboxylic acids is 2. The van der Waals surface area contributed by atoms with Crippen LogP contribution in [0.3, 0.4) is 0 Å². The standard InChI is InChI=1S/C23H20I2N4O4S/c1-4-9-34-23-26-21-19(27-28-23)15-7-5-6-8-18(15)29(12(2)30)22(33-21)14-10-16(24)20(17(25)11-14)32-13(3)31/h5-8,10-11,22H,4,9H2,1-3H3/t22-/m1/s1. The van der Waals surface area contributed by atoms with E-state index in [1.54, 1.807) is 4.90 Å². The number of carbonyl (C=O) groups is 2. The number of aromatic nitrogens is 3. The Morgan fingerprint density at radius 1 is 1.15 bits per heavy atom. The van der Waals surface area contributed by atoms with Crippen LogP contribution in [0.25, 0.3) is 11.3 Å². The number of esters is 1. The first-order chi connectivity index (χ1) is 16.3. The fraction of sp³-hybridized carbons (Fsp3) is 0.261. The van der Waals surface area contributed by atoms with Gasteiger partial charge in [0.1, 0.15) is 0 Å². The highest BCUT2D eigenvalue weighted by Crippen LogP contribution is 2.44. The summed E-state index contributed by atoms with van der Waals surface area (Å²) in [5, 5.41) is 9.21. The molecule has 0 bridgehead atoms. The van der Waals surface area contributed by atoms with Gasteiger partial charge in [0, 0.05) is 30.7 Å². The number of nitrogens with zero attached hydrogens (tertiary/aromatic N) is 4. The van der Waals surface area contributed by atoms with E-state index in [1.165, 1.54) is 25.6 Å². The van der Waals surface area contributed by atoms with Crippen LogP contribution in [-0.2, 0) is 9.59 Å². The Hall–Kier alpha value is -2.00. The smallest absolute Gasteiger partial charge is 0.308 e. The molecule has 0 saturated heterocycles. The molecule has 3 aromatic rings. The zero-order chi connectivity index (χ0) is 24.4. The fourth-order valence-corrected chi connectivity index (χ4v) is 6.16. The molecule has 8 nitrogen and oxygen atoms in total. The number of fused-ring (bicyclic) bond motifs is 3. The van der Waals surface area contributed by atoms with Crippen molar-refractivity contribution >= 4 is 74.5 Å². The first-order valence-corrected chi connectivity index (χ1v) is 13.5. The van der Waals surface area contributed by atoms with E-state index in [0.717, 1.165) is 19.3 Å². The minimum Gasteiger partial charge on any atom is -0.447 e. The van der Waals surface area contributed by atoms with Crippen molar-refractivity contribution in [2.24, 2.45) is 0 Å². The molecule has 11 heteroatoms. The monoisotopic (exact) mass is 702 g/mol. The van der Waals surface area contributed by atoms with Crippen molar-refractivity contribution < 1.29 is 19.1 Å². The summed E-state index contributed by atoms with van der Waals surface area (Å²) in [7, 11) is 0. The van der Waals surface area contributed by atoms with Gasteiger partial charge in [0.2, 0.25) is 23.2 Å². The van der Waals surface area contributed by atoms with E-state index in [2.05, 4.69) is 67.3 Å². The van der Waals surface area contributed by atoms with E-state index < -0.39 is 12.2 Å². The molecular weight excluding hydrogens is 682 g/mol. The molecule has 2 heterocycles. The van der Waals surface area contributed by atoms with Crippen molar-refractivity contribution in [2.75, 3.05) is 10.7 Å². The molecule has 4 rings (SSSR count). The summed E-state index contributed by atoms with van der Waals surface area (Å²) in [6.45, 7) is 4.94. The number of anilines is 1. The highest BCUT2D eigenvalue weighted by molar-refractivity contribution is 14.1. The number of rotatable bonds is 5. The number of para-hydroxylation sites is 1. The van der Waals surface area contributed by atoms with Gasteiger partial charge in [0.05, 0.1) is 12.8 Å². The van der Waals surface area contributed by atoms with Gasteiger partial charge in [-0.05, 0) is 69.8 Å². The zero-order valence-electron chi connectivity index (χ0n) is 18.5. The SMILES string of the molecule is CCCSc1nnc2c(n1)O[C@H](c1cc(I)c(OC(C)=O)c(I)c1)N(C(C)=O)c1ccccc1-2. The van der Waals surface area contributed by atoms with Gasteiger partial charge in [-0.2, -0.15) is 4.98 Å². The lowest BCUT2D eigenvalue weighted by atomic mass is 10.1. The van der Waals surface area contributed by atoms with Crippen molar-refractivity contribution in [2.45, 2.75) is 38.6 Å². The van der Waals surface area contributed by atoms with E-state index in [1.807, 2.05) is 36.4 Å². The Morgan fingerprint density at radius 3 is 2.50 bits per heavy atom. The topological polar surface area (TPSA) is 94.5 Å². The van der Waals surface area contributed by atoms with Crippen LogP contribution in [0, 0.1) is 7.14 Å². The van der Waals surface area contributed by atoms with Crippen LogP contribution in [0.4, 0.5) is 5.69 Å². The van der Waals surface area contributed by atoms with E-state index >= 15 is 0 Å². The molecule has 0 N–H and O–H groups in total. The van der Waals surface area contributed by atoms with Gasteiger partial charge in [-0.3, -0.25) is 14.5 Å². The molecule has 1 aliphatic heterocycles. The molecule has 1 atom stereocenters. The molecule has 0 radical (unpaired) electrons. The minimum absolute atomic E-state index is 0.201. The van der Waals surface area contributed by atoms with Gasteiger partial charge < -0.3 is 9.47 Å². The minimum atomic E-state index is -0.811. The summed E-state index contributed by atoms with van der Waals surface area (Å²) < 4.78 is 13.2. The second-order valence-electron chi connectivity index (χ2n) is 7.38. The third-order valence-corrected chi connectivity index (χ3v) is 7.48. The Bertz CT molecular complexity index is 1250. The molecule has 1 aliphatic rings. The molecule has 0 fully saturated rings. The first-order valence-electron chi connectivity index (χ1n) is 10.4. The van der Waals surface area contributed by atoms with Crippen LogP contribution >= 0.6 is 56.9 Å². The molecular formula is C23H20I2N4O4S. The highest BCUT2D eigenvalue weighted by Gasteiger charge is 2.35. The second-order valence-corrected chi connectivity index (χ2v) is 10.8. The molecule has 2 aromatic carbocycles. The first kappa shape index (κ1) is 25.1. The summed E-state index contributed by atoms with van der Waals surface area (Å²) >= 11 is 5.73. The average molecular weight is 702 g/mol.